The SMILES string of the molecule is CC(=O)N(CC1CC1)c1ccc(Oc2cc(OC(C)C)cc(C(=O)Nc3ccc(C(=O)O)c(C)n3)c2)cc1. The van der Waals surface area contributed by atoms with Crippen LogP contribution in [0.2, 0.25) is 0 Å². The van der Waals surface area contributed by atoms with Crippen LogP contribution in [-0.2, 0) is 4.79 Å². The molecule has 0 spiro atoms. The Morgan fingerprint density at radius 3 is 2.29 bits per heavy atom. The molecule has 1 aliphatic rings. The number of carbonyl (C=O) groups is 3. The summed E-state index contributed by atoms with van der Waals surface area (Å²) in [5, 5.41) is 11.9. The summed E-state index contributed by atoms with van der Waals surface area (Å²) >= 11 is 0. The lowest BCUT2D eigenvalue weighted by atomic mass is 10.1. The maximum Gasteiger partial charge on any atom is 0.337 e. The fourth-order valence-electron chi connectivity index (χ4n) is 3.95. The zero-order valence-corrected chi connectivity index (χ0v) is 21.9. The van der Waals surface area contributed by atoms with Crippen LogP contribution in [-0.4, -0.2) is 40.5 Å². The van der Waals surface area contributed by atoms with Gasteiger partial charge in [-0.25, -0.2) is 9.78 Å². The molecular formula is C29H31N3O6. The minimum absolute atomic E-state index is 0.00189. The van der Waals surface area contributed by atoms with Crippen LogP contribution in [0, 0.1) is 12.8 Å². The summed E-state index contributed by atoms with van der Waals surface area (Å²) in [5.74, 6) is 0.652. The Kier molecular flexibility index (Phi) is 7.95. The second kappa shape index (κ2) is 11.3. The summed E-state index contributed by atoms with van der Waals surface area (Å²) < 4.78 is 11.9. The predicted octanol–water partition coefficient (Wildman–Crippen LogP) is 5.68. The van der Waals surface area contributed by atoms with E-state index in [1.165, 1.54) is 12.1 Å². The lowest BCUT2D eigenvalue weighted by Crippen LogP contribution is -2.30. The molecule has 0 radical (unpaired) electrons. The van der Waals surface area contributed by atoms with Crippen LogP contribution >= 0.6 is 0 Å². The van der Waals surface area contributed by atoms with Crippen molar-refractivity contribution in [1.82, 2.24) is 4.98 Å². The zero-order chi connectivity index (χ0) is 27.4. The molecule has 4 rings (SSSR count). The quantitative estimate of drug-likeness (QED) is 0.355. The smallest absolute Gasteiger partial charge is 0.337 e. The number of hydrogen-bond donors (Lipinski definition) is 2. The first-order chi connectivity index (χ1) is 18.1. The van der Waals surface area contributed by atoms with E-state index in [0.29, 0.717) is 28.9 Å². The number of anilines is 2. The minimum atomic E-state index is -1.09. The molecule has 2 aromatic carbocycles. The van der Waals surface area contributed by atoms with Gasteiger partial charge in [0, 0.05) is 30.8 Å². The lowest BCUT2D eigenvalue weighted by molar-refractivity contribution is -0.116. The maximum absolute atomic E-state index is 13.0. The highest BCUT2D eigenvalue weighted by Crippen LogP contribution is 2.33. The van der Waals surface area contributed by atoms with Crippen LogP contribution in [0.15, 0.2) is 54.6 Å². The van der Waals surface area contributed by atoms with Gasteiger partial charge in [-0.1, -0.05) is 0 Å². The molecule has 2 N–H and O–H groups in total. The van der Waals surface area contributed by atoms with Crippen LogP contribution in [0.1, 0.15) is 60.0 Å². The van der Waals surface area contributed by atoms with Gasteiger partial charge in [0.1, 0.15) is 23.1 Å². The Hall–Kier alpha value is -4.40. The molecule has 3 aromatic rings. The fourth-order valence-corrected chi connectivity index (χ4v) is 3.95. The van der Waals surface area contributed by atoms with Crippen LogP contribution in [0.4, 0.5) is 11.5 Å². The molecule has 1 aliphatic carbocycles. The van der Waals surface area contributed by atoms with E-state index < -0.39 is 11.9 Å². The number of aryl methyl sites for hydroxylation is 1. The van der Waals surface area contributed by atoms with Crippen molar-refractivity contribution in [3.05, 3.63) is 71.4 Å². The molecule has 1 saturated carbocycles. The number of carboxylic acids is 1. The number of amides is 2. The van der Waals surface area contributed by atoms with E-state index in [0.717, 1.165) is 25.1 Å². The number of nitrogens with one attached hydrogen (secondary N) is 1. The highest BCUT2D eigenvalue weighted by molar-refractivity contribution is 6.04. The molecule has 0 aliphatic heterocycles. The van der Waals surface area contributed by atoms with Gasteiger partial charge in [-0.3, -0.25) is 9.59 Å². The van der Waals surface area contributed by atoms with Gasteiger partial charge in [0.2, 0.25) is 5.91 Å². The van der Waals surface area contributed by atoms with E-state index in [9.17, 15) is 19.5 Å². The molecule has 9 heteroatoms. The van der Waals surface area contributed by atoms with Crippen molar-refractivity contribution in [3.63, 3.8) is 0 Å². The van der Waals surface area contributed by atoms with E-state index in [4.69, 9.17) is 9.47 Å². The number of carboxylic acid groups (broad SMARTS) is 1. The summed E-state index contributed by atoms with van der Waals surface area (Å²) in [6.07, 6.45) is 2.18. The van der Waals surface area contributed by atoms with Crippen LogP contribution in [0.3, 0.4) is 0 Å². The largest absolute Gasteiger partial charge is 0.491 e. The molecule has 2 amide bonds. The average molecular weight is 518 g/mol. The van der Waals surface area contributed by atoms with Gasteiger partial charge >= 0.3 is 5.97 Å². The number of hydrogen-bond acceptors (Lipinski definition) is 6. The van der Waals surface area contributed by atoms with Crippen LogP contribution in [0.25, 0.3) is 0 Å². The summed E-state index contributed by atoms with van der Waals surface area (Å²) in [6.45, 7) is 7.61. The van der Waals surface area contributed by atoms with Gasteiger partial charge in [-0.05, 0) is 88.1 Å². The minimum Gasteiger partial charge on any atom is -0.491 e. The Labute approximate surface area is 221 Å². The molecule has 1 aromatic heterocycles. The van der Waals surface area contributed by atoms with Crippen molar-refractivity contribution in [2.24, 2.45) is 5.92 Å². The molecule has 0 saturated heterocycles. The number of rotatable bonds is 10. The Morgan fingerprint density at radius 2 is 1.71 bits per heavy atom. The fraction of sp³-hybridized carbons (Fsp3) is 0.310. The van der Waals surface area contributed by atoms with Crippen molar-refractivity contribution in [2.75, 3.05) is 16.8 Å². The molecule has 9 nitrogen and oxygen atoms in total. The molecule has 0 bridgehead atoms. The molecule has 38 heavy (non-hydrogen) atoms. The Morgan fingerprint density at radius 1 is 1.03 bits per heavy atom. The summed E-state index contributed by atoms with van der Waals surface area (Å²) in [7, 11) is 0. The third-order valence-corrected chi connectivity index (χ3v) is 5.97. The number of aromatic nitrogens is 1. The van der Waals surface area contributed by atoms with Crippen LogP contribution < -0.4 is 19.7 Å². The van der Waals surface area contributed by atoms with E-state index in [1.807, 2.05) is 26.0 Å². The first-order valence-electron chi connectivity index (χ1n) is 12.5. The summed E-state index contributed by atoms with van der Waals surface area (Å²) in [4.78, 5) is 42.4. The van der Waals surface area contributed by atoms with Gasteiger partial charge in [0.15, 0.2) is 0 Å². The molecule has 1 fully saturated rings. The lowest BCUT2D eigenvalue weighted by Gasteiger charge is -2.21. The van der Waals surface area contributed by atoms with Crippen molar-refractivity contribution in [3.8, 4) is 17.2 Å². The molecular weight excluding hydrogens is 486 g/mol. The van der Waals surface area contributed by atoms with E-state index in [1.54, 1.807) is 49.1 Å². The van der Waals surface area contributed by atoms with E-state index in [2.05, 4.69) is 10.3 Å². The number of nitrogens with zero attached hydrogens (tertiary/aromatic N) is 2. The first-order valence-corrected chi connectivity index (χ1v) is 12.5. The number of carbonyl (C=O) groups excluding carboxylic acids is 2. The van der Waals surface area contributed by atoms with E-state index in [-0.39, 0.29) is 29.0 Å². The van der Waals surface area contributed by atoms with E-state index >= 15 is 0 Å². The standard InChI is InChI=1S/C29H31N3O6/c1-17(2)37-24-13-21(28(34)31-27-12-11-26(29(35)36)18(3)30-27)14-25(15-24)38-23-9-7-22(8-10-23)32(19(4)33)16-20-5-6-20/h7-15,17,20H,5-6,16H2,1-4H3,(H,35,36)(H,30,31,34). The summed E-state index contributed by atoms with van der Waals surface area (Å²) in [5.41, 5.74) is 1.45. The number of benzene rings is 2. The monoisotopic (exact) mass is 517 g/mol. The van der Waals surface area contributed by atoms with Gasteiger partial charge in [0.25, 0.3) is 5.91 Å². The van der Waals surface area contributed by atoms with Gasteiger partial charge in [0.05, 0.1) is 17.4 Å². The second-order valence-corrected chi connectivity index (χ2v) is 9.62. The van der Waals surface area contributed by atoms with Crippen molar-refractivity contribution in [2.45, 2.75) is 46.6 Å². The predicted molar refractivity (Wildman–Crippen MR) is 143 cm³/mol. The molecule has 198 valence electrons. The first kappa shape index (κ1) is 26.7. The van der Waals surface area contributed by atoms with Gasteiger partial charge in [-0.15, -0.1) is 0 Å². The molecule has 1 heterocycles. The van der Waals surface area contributed by atoms with Crippen molar-refractivity contribution >= 4 is 29.3 Å². The zero-order valence-electron chi connectivity index (χ0n) is 21.9. The number of pyridine rings is 1. The second-order valence-electron chi connectivity index (χ2n) is 9.62. The van der Waals surface area contributed by atoms with Gasteiger partial charge in [-0.2, -0.15) is 0 Å². The number of ether oxygens (including phenoxy) is 2. The topological polar surface area (TPSA) is 118 Å². The molecule has 0 atom stereocenters. The average Bonchev–Trinajstić information content (AvgIpc) is 3.66. The third kappa shape index (κ3) is 6.88. The molecule has 0 unspecified atom stereocenters. The van der Waals surface area contributed by atoms with Gasteiger partial charge < -0.3 is 24.8 Å². The van der Waals surface area contributed by atoms with Crippen molar-refractivity contribution in [1.29, 1.82) is 0 Å². The Bertz CT molecular complexity index is 1350. The number of aromatic carboxylic acids is 1. The highest BCUT2D eigenvalue weighted by Gasteiger charge is 2.26. The van der Waals surface area contributed by atoms with Crippen LogP contribution in [0.5, 0.6) is 17.2 Å². The Balaban J connectivity index is 1.54. The normalized spacial score (nSPS) is 12.7. The van der Waals surface area contributed by atoms with Crippen molar-refractivity contribution < 1.29 is 29.0 Å². The highest BCUT2D eigenvalue weighted by atomic mass is 16.5. The maximum atomic E-state index is 13.0. The summed E-state index contributed by atoms with van der Waals surface area (Å²) in [6, 6.07) is 15.0. The third-order valence-electron chi connectivity index (χ3n) is 5.97.